The van der Waals surface area contributed by atoms with Gasteiger partial charge in [0, 0.05) is 11.8 Å². The minimum Gasteiger partial charge on any atom is -0.496 e. The quantitative estimate of drug-likeness (QED) is 0.822. The highest BCUT2D eigenvalue weighted by Gasteiger charge is 2.07. The van der Waals surface area contributed by atoms with Crippen LogP contribution in [0, 0.1) is 0 Å². The van der Waals surface area contributed by atoms with Crippen LogP contribution in [-0.4, -0.2) is 23.7 Å². The average Bonchev–Trinajstić information content (AvgIpc) is 2.18. The van der Waals surface area contributed by atoms with Crippen molar-refractivity contribution in [1.82, 2.24) is 0 Å². The monoisotopic (exact) mass is 244 g/mol. The van der Waals surface area contributed by atoms with E-state index in [2.05, 4.69) is 15.9 Å². The van der Waals surface area contributed by atoms with E-state index in [-0.39, 0.29) is 6.10 Å². The summed E-state index contributed by atoms with van der Waals surface area (Å²) < 4.78 is 5.16. The molecule has 0 amide bonds. The normalized spacial score (nSPS) is 12.5. The number of para-hydroxylation sites is 1. The molecule has 3 heteroatoms. The van der Waals surface area contributed by atoms with Crippen LogP contribution in [-0.2, 0) is 6.42 Å². The van der Waals surface area contributed by atoms with Gasteiger partial charge in [-0.05, 0) is 11.6 Å². The predicted octanol–water partition coefficient (Wildman–Crippen LogP) is 1.99. The summed E-state index contributed by atoms with van der Waals surface area (Å²) in [4.78, 5) is 0. The minimum absolute atomic E-state index is 0.351. The first-order chi connectivity index (χ1) is 6.27. The molecule has 0 fully saturated rings. The zero-order chi connectivity index (χ0) is 9.68. The van der Waals surface area contributed by atoms with Gasteiger partial charge in [-0.2, -0.15) is 0 Å². The Morgan fingerprint density at radius 2 is 2.15 bits per heavy atom. The van der Waals surface area contributed by atoms with Gasteiger partial charge < -0.3 is 9.84 Å². The van der Waals surface area contributed by atoms with Crippen molar-refractivity contribution in [3.63, 3.8) is 0 Å². The van der Waals surface area contributed by atoms with Crippen LogP contribution >= 0.6 is 15.9 Å². The lowest BCUT2D eigenvalue weighted by atomic mass is 10.1. The van der Waals surface area contributed by atoms with E-state index >= 15 is 0 Å². The van der Waals surface area contributed by atoms with E-state index in [0.29, 0.717) is 11.8 Å². The molecule has 2 nitrogen and oxygen atoms in total. The first-order valence-corrected chi connectivity index (χ1v) is 5.26. The fourth-order valence-electron chi connectivity index (χ4n) is 1.18. The van der Waals surface area contributed by atoms with E-state index in [0.717, 1.165) is 11.3 Å². The fraction of sp³-hybridized carbons (Fsp3) is 0.400. The van der Waals surface area contributed by atoms with E-state index in [1.807, 2.05) is 24.3 Å². The van der Waals surface area contributed by atoms with Crippen LogP contribution in [0.3, 0.4) is 0 Å². The van der Waals surface area contributed by atoms with E-state index in [4.69, 9.17) is 4.74 Å². The van der Waals surface area contributed by atoms with Gasteiger partial charge in [0.1, 0.15) is 5.75 Å². The second-order valence-corrected chi connectivity index (χ2v) is 3.47. The Bertz CT molecular complexity index is 263. The molecular formula is C10H13BrO2. The Kier molecular flexibility index (Phi) is 4.25. The first-order valence-electron chi connectivity index (χ1n) is 4.14. The van der Waals surface area contributed by atoms with E-state index in [9.17, 15) is 5.11 Å². The average molecular weight is 245 g/mol. The van der Waals surface area contributed by atoms with Gasteiger partial charge >= 0.3 is 0 Å². The van der Waals surface area contributed by atoms with Gasteiger partial charge in [-0.1, -0.05) is 34.1 Å². The van der Waals surface area contributed by atoms with Crippen molar-refractivity contribution in [2.24, 2.45) is 0 Å². The molecule has 72 valence electrons. The van der Waals surface area contributed by atoms with Gasteiger partial charge in [-0.25, -0.2) is 0 Å². The number of alkyl halides is 1. The van der Waals surface area contributed by atoms with Gasteiger partial charge in [0.15, 0.2) is 0 Å². The van der Waals surface area contributed by atoms with Crippen molar-refractivity contribution in [2.45, 2.75) is 12.5 Å². The van der Waals surface area contributed by atoms with Gasteiger partial charge in [-0.15, -0.1) is 0 Å². The zero-order valence-electron chi connectivity index (χ0n) is 7.53. The van der Waals surface area contributed by atoms with Crippen LogP contribution in [0.5, 0.6) is 5.75 Å². The van der Waals surface area contributed by atoms with Crippen molar-refractivity contribution in [3.05, 3.63) is 29.8 Å². The first kappa shape index (κ1) is 10.5. The molecule has 0 saturated heterocycles. The topological polar surface area (TPSA) is 29.5 Å². The molecule has 0 aliphatic rings. The summed E-state index contributed by atoms with van der Waals surface area (Å²) in [5, 5.41) is 10.0. The van der Waals surface area contributed by atoms with Crippen molar-refractivity contribution in [3.8, 4) is 5.75 Å². The SMILES string of the molecule is COc1ccccc1C[C@H](O)CBr. The van der Waals surface area contributed by atoms with Crippen LogP contribution in [0.25, 0.3) is 0 Å². The molecule has 1 N–H and O–H groups in total. The van der Waals surface area contributed by atoms with Gasteiger partial charge in [0.2, 0.25) is 0 Å². The zero-order valence-corrected chi connectivity index (χ0v) is 9.12. The maximum atomic E-state index is 9.43. The molecule has 0 saturated carbocycles. The van der Waals surface area contributed by atoms with Crippen molar-refractivity contribution in [1.29, 1.82) is 0 Å². The molecule has 13 heavy (non-hydrogen) atoms. The Balaban J connectivity index is 2.74. The summed E-state index contributed by atoms with van der Waals surface area (Å²) >= 11 is 3.23. The standard InChI is InChI=1S/C10H13BrO2/c1-13-10-5-3-2-4-8(10)6-9(12)7-11/h2-5,9,12H,6-7H2,1H3/t9-/m0/s1. The fourth-order valence-corrected chi connectivity index (χ4v) is 1.41. The maximum absolute atomic E-state index is 9.43. The smallest absolute Gasteiger partial charge is 0.122 e. The van der Waals surface area contributed by atoms with E-state index in [1.165, 1.54) is 0 Å². The Labute approximate surface area is 86.7 Å². The number of aliphatic hydroxyl groups is 1. The van der Waals surface area contributed by atoms with Gasteiger partial charge in [0.25, 0.3) is 0 Å². The second kappa shape index (κ2) is 5.25. The number of halogens is 1. The number of methoxy groups -OCH3 is 1. The number of rotatable bonds is 4. The summed E-state index contributed by atoms with van der Waals surface area (Å²) in [5.41, 5.74) is 1.04. The van der Waals surface area contributed by atoms with Crippen LogP contribution in [0.2, 0.25) is 0 Å². The highest BCUT2D eigenvalue weighted by molar-refractivity contribution is 9.09. The molecule has 0 radical (unpaired) electrons. The minimum atomic E-state index is -0.351. The van der Waals surface area contributed by atoms with Gasteiger partial charge in [-0.3, -0.25) is 0 Å². The highest BCUT2D eigenvalue weighted by Crippen LogP contribution is 2.19. The molecule has 0 unspecified atom stereocenters. The van der Waals surface area contributed by atoms with Crippen molar-refractivity contribution >= 4 is 15.9 Å². The van der Waals surface area contributed by atoms with Crippen LogP contribution in [0.1, 0.15) is 5.56 Å². The summed E-state index contributed by atoms with van der Waals surface area (Å²) in [6, 6.07) is 7.72. The molecule has 0 spiro atoms. The maximum Gasteiger partial charge on any atom is 0.122 e. The Hall–Kier alpha value is -0.540. The van der Waals surface area contributed by atoms with Gasteiger partial charge in [0.05, 0.1) is 13.2 Å². The highest BCUT2D eigenvalue weighted by atomic mass is 79.9. The molecule has 0 heterocycles. The number of benzene rings is 1. The lowest BCUT2D eigenvalue weighted by molar-refractivity contribution is 0.200. The number of aliphatic hydroxyl groups excluding tert-OH is 1. The summed E-state index contributed by atoms with van der Waals surface area (Å²) in [5.74, 6) is 0.836. The third-order valence-corrected chi connectivity index (χ3v) is 2.57. The summed E-state index contributed by atoms with van der Waals surface area (Å²) in [6.07, 6.45) is 0.270. The molecule has 1 aromatic carbocycles. The third kappa shape index (κ3) is 3.01. The molecule has 0 bridgehead atoms. The largest absolute Gasteiger partial charge is 0.496 e. The molecule has 1 aromatic rings. The predicted molar refractivity (Wildman–Crippen MR) is 56.5 cm³/mol. The van der Waals surface area contributed by atoms with Crippen molar-refractivity contribution < 1.29 is 9.84 Å². The molecule has 1 atom stereocenters. The molecule has 0 aliphatic carbocycles. The Morgan fingerprint density at radius 3 is 2.77 bits per heavy atom. The lowest BCUT2D eigenvalue weighted by Crippen LogP contribution is -2.12. The third-order valence-electron chi connectivity index (χ3n) is 1.83. The Morgan fingerprint density at radius 1 is 1.46 bits per heavy atom. The van der Waals surface area contributed by atoms with Crippen LogP contribution < -0.4 is 4.74 Å². The van der Waals surface area contributed by atoms with Crippen molar-refractivity contribution in [2.75, 3.05) is 12.4 Å². The lowest BCUT2D eigenvalue weighted by Gasteiger charge is -2.10. The van der Waals surface area contributed by atoms with E-state index < -0.39 is 0 Å². The summed E-state index contributed by atoms with van der Waals surface area (Å²) in [6.45, 7) is 0. The summed E-state index contributed by atoms with van der Waals surface area (Å²) in [7, 11) is 1.64. The van der Waals surface area contributed by atoms with Crippen LogP contribution in [0.15, 0.2) is 24.3 Å². The number of hydrogen-bond acceptors (Lipinski definition) is 2. The molecule has 1 rings (SSSR count). The molecular weight excluding hydrogens is 232 g/mol. The van der Waals surface area contributed by atoms with E-state index in [1.54, 1.807) is 7.11 Å². The van der Waals surface area contributed by atoms with Crippen LogP contribution in [0.4, 0.5) is 0 Å². The number of hydrogen-bond donors (Lipinski definition) is 1. The number of ether oxygens (including phenoxy) is 1. The molecule has 0 aliphatic heterocycles. The molecule has 0 aromatic heterocycles. The second-order valence-electron chi connectivity index (χ2n) is 2.82.